The maximum Gasteiger partial charge on any atom is 0.323 e. The number of aromatic hydroxyl groups is 1. The molecule has 88 valence electrons. The van der Waals surface area contributed by atoms with Gasteiger partial charge in [-0.1, -0.05) is 12.1 Å². The number of hydrogen-bond donors (Lipinski definition) is 2. The van der Waals surface area contributed by atoms with Crippen molar-refractivity contribution in [1.29, 1.82) is 0 Å². The fourth-order valence-electron chi connectivity index (χ4n) is 1.29. The minimum absolute atomic E-state index is 0.154. The molecule has 0 saturated carbocycles. The average molecular weight is 223 g/mol. The normalized spacial score (nSPS) is 12.5. The fraction of sp³-hybridized carbons (Fsp3) is 0.417. The van der Waals surface area contributed by atoms with Crippen molar-refractivity contribution in [3.8, 4) is 5.75 Å². The molecular weight excluding hydrogens is 206 g/mol. The van der Waals surface area contributed by atoms with Crippen LogP contribution in [0.2, 0.25) is 0 Å². The second-order valence-electron chi connectivity index (χ2n) is 3.96. The molecule has 4 nitrogen and oxygen atoms in total. The molecule has 0 radical (unpaired) electrons. The first-order valence-corrected chi connectivity index (χ1v) is 5.23. The van der Waals surface area contributed by atoms with Crippen LogP contribution in [0, 0.1) is 0 Å². The lowest BCUT2D eigenvalue weighted by molar-refractivity contribution is -0.148. The second-order valence-corrected chi connectivity index (χ2v) is 3.96. The molecule has 0 aliphatic rings. The standard InChI is InChI=1S/C12H17NO3/c1-8(2)16-12(15)11(13)7-9-3-5-10(14)6-4-9/h3-6,8,11,14H,7,13H2,1-2H3/t11-/m1/s1. The maximum atomic E-state index is 11.4. The quantitative estimate of drug-likeness (QED) is 0.753. The Morgan fingerprint density at radius 2 is 1.94 bits per heavy atom. The summed E-state index contributed by atoms with van der Waals surface area (Å²) in [7, 11) is 0. The summed E-state index contributed by atoms with van der Waals surface area (Å²) < 4.78 is 4.99. The van der Waals surface area contributed by atoms with Gasteiger partial charge in [0.05, 0.1) is 6.10 Å². The Labute approximate surface area is 95.0 Å². The van der Waals surface area contributed by atoms with Gasteiger partial charge in [-0.25, -0.2) is 0 Å². The minimum atomic E-state index is -0.660. The number of hydrogen-bond acceptors (Lipinski definition) is 4. The van der Waals surface area contributed by atoms with Gasteiger partial charge in [0.2, 0.25) is 0 Å². The molecule has 0 aromatic heterocycles. The molecule has 0 aliphatic carbocycles. The molecule has 0 bridgehead atoms. The molecule has 1 rings (SSSR count). The van der Waals surface area contributed by atoms with Gasteiger partial charge in [0.1, 0.15) is 11.8 Å². The predicted octanol–water partition coefficient (Wildman–Crippen LogP) is 1.21. The van der Waals surface area contributed by atoms with Gasteiger partial charge in [-0.3, -0.25) is 4.79 Å². The first-order valence-electron chi connectivity index (χ1n) is 5.23. The zero-order chi connectivity index (χ0) is 12.1. The van der Waals surface area contributed by atoms with Gasteiger partial charge in [-0.15, -0.1) is 0 Å². The van der Waals surface area contributed by atoms with E-state index in [1.54, 1.807) is 38.1 Å². The fourth-order valence-corrected chi connectivity index (χ4v) is 1.29. The monoisotopic (exact) mass is 223 g/mol. The molecule has 0 amide bonds. The van der Waals surface area contributed by atoms with Crippen molar-refractivity contribution < 1.29 is 14.6 Å². The molecular formula is C12H17NO3. The van der Waals surface area contributed by atoms with Crippen LogP contribution < -0.4 is 5.73 Å². The van der Waals surface area contributed by atoms with E-state index in [1.807, 2.05) is 0 Å². The lowest BCUT2D eigenvalue weighted by Gasteiger charge is -2.13. The van der Waals surface area contributed by atoms with E-state index in [-0.39, 0.29) is 11.9 Å². The number of nitrogens with two attached hydrogens (primary N) is 1. The van der Waals surface area contributed by atoms with Crippen LogP contribution in [-0.4, -0.2) is 23.2 Å². The molecule has 0 unspecified atom stereocenters. The molecule has 1 aromatic carbocycles. The maximum absolute atomic E-state index is 11.4. The van der Waals surface area contributed by atoms with E-state index in [9.17, 15) is 4.79 Å². The van der Waals surface area contributed by atoms with Crippen molar-refractivity contribution in [1.82, 2.24) is 0 Å². The first-order chi connectivity index (χ1) is 7.49. The zero-order valence-corrected chi connectivity index (χ0v) is 9.51. The summed E-state index contributed by atoms with van der Waals surface area (Å²) in [4.78, 5) is 11.4. The van der Waals surface area contributed by atoms with E-state index in [0.29, 0.717) is 6.42 Å². The molecule has 16 heavy (non-hydrogen) atoms. The van der Waals surface area contributed by atoms with Crippen molar-refractivity contribution in [2.24, 2.45) is 5.73 Å². The van der Waals surface area contributed by atoms with E-state index in [2.05, 4.69) is 0 Å². The SMILES string of the molecule is CC(C)OC(=O)[C@H](N)Cc1ccc(O)cc1. The molecule has 3 N–H and O–H groups in total. The largest absolute Gasteiger partial charge is 0.508 e. The number of carbonyl (C=O) groups excluding carboxylic acids is 1. The lowest BCUT2D eigenvalue weighted by atomic mass is 10.1. The lowest BCUT2D eigenvalue weighted by Crippen LogP contribution is -2.35. The minimum Gasteiger partial charge on any atom is -0.508 e. The average Bonchev–Trinajstić information content (AvgIpc) is 2.20. The van der Waals surface area contributed by atoms with Crippen molar-refractivity contribution in [3.05, 3.63) is 29.8 Å². The Hall–Kier alpha value is -1.55. The first kappa shape index (κ1) is 12.5. The number of carbonyl (C=O) groups is 1. The molecule has 1 aromatic rings. The van der Waals surface area contributed by atoms with Crippen molar-refractivity contribution in [2.75, 3.05) is 0 Å². The molecule has 1 atom stereocenters. The van der Waals surface area contributed by atoms with E-state index in [1.165, 1.54) is 0 Å². The van der Waals surface area contributed by atoms with Crippen LogP contribution in [0.5, 0.6) is 5.75 Å². The number of rotatable bonds is 4. The van der Waals surface area contributed by atoms with Crippen LogP contribution in [0.3, 0.4) is 0 Å². The molecule has 0 spiro atoms. The van der Waals surface area contributed by atoms with E-state index in [0.717, 1.165) is 5.56 Å². The van der Waals surface area contributed by atoms with Crippen LogP contribution >= 0.6 is 0 Å². The third kappa shape index (κ3) is 3.90. The Balaban J connectivity index is 2.53. The summed E-state index contributed by atoms with van der Waals surface area (Å²) in [5.74, 6) is -0.204. The Kier molecular flexibility index (Phi) is 4.31. The Morgan fingerprint density at radius 3 is 2.44 bits per heavy atom. The van der Waals surface area contributed by atoms with Crippen molar-refractivity contribution >= 4 is 5.97 Å². The van der Waals surface area contributed by atoms with Gasteiger partial charge in [0.15, 0.2) is 0 Å². The van der Waals surface area contributed by atoms with Crippen molar-refractivity contribution in [3.63, 3.8) is 0 Å². The number of benzene rings is 1. The summed E-state index contributed by atoms with van der Waals surface area (Å²) in [6.45, 7) is 3.57. The van der Waals surface area contributed by atoms with Gasteiger partial charge in [-0.2, -0.15) is 0 Å². The number of esters is 1. The molecule has 0 saturated heterocycles. The molecule has 4 heteroatoms. The second kappa shape index (κ2) is 5.51. The highest BCUT2D eigenvalue weighted by molar-refractivity contribution is 5.76. The number of phenols is 1. The third-order valence-corrected chi connectivity index (χ3v) is 2.05. The van der Waals surface area contributed by atoms with E-state index in [4.69, 9.17) is 15.6 Å². The molecule has 0 heterocycles. The number of ether oxygens (including phenoxy) is 1. The highest BCUT2D eigenvalue weighted by Gasteiger charge is 2.16. The van der Waals surface area contributed by atoms with Crippen LogP contribution in [0.25, 0.3) is 0 Å². The Bertz CT molecular complexity index is 346. The molecule has 0 fully saturated rings. The van der Waals surface area contributed by atoms with E-state index < -0.39 is 12.0 Å². The summed E-state index contributed by atoms with van der Waals surface area (Å²) >= 11 is 0. The number of phenolic OH excluding ortho intramolecular Hbond substituents is 1. The van der Waals surface area contributed by atoms with Gasteiger partial charge < -0.3 is 15.6 Å². The van der Waals surface area contributed by atoms with Gasteiger partial charge in [0, 0.05) is 0 Å². The third-order valence-electron chi connectivity index (χ3n) is 2.05. The summed E-state index contributed by atoms with van der Waals surface area (Å²) in [5, 5.41) is 9.10. The molecule has 0 aliphatic heterocycles. The van der Waals surface area contributed by atoms with Gasteiger partial charge in [-0.05, 0) is 38.0 Å². The van der Waals surface area contributed by atoms with Crippen LogP contribution in [0.1, 0.15) is 19.4 Å². The predicted molar refractivity (Wildman–Crippen MR) is 61.0 cm³/mol. The highest BCUT2D eigenvalue weighted by atomic mass is 16.5. The topological polar surface area (TPSA) is 72.5 Å². The summed E-state index contributed by atoms with van der Waals surface area (Å²) in [6.07, 6.45) is 0.254. The zero-order valence-electron chi connectivity index (χ0n) is 9.51. The van der Waals surface area contributed by atoms with Crippen molar-refractivity contribution in [2.45, 2.75) is 32.4 Å². The van der Waals surface area contributed by atoms with E-state index >= 15 is 0 Å². The van der Waals surface area contributed by atoms with Gasteiger partial charge >= 0.3 is 5.97 Å². The van der Waals surface area contributed by atoms with Gasteiger partial charge in [0.25, 0.3) is 0 Å². The summed E-state index contributed by atoms with van der Waals surface area (Å²) in [6, 6.07) is 5.94. The summed E-state index contributed by atoms with van der Waals surface area (Å²) in [5.41, 5.74) is 6.59. The highest BCUT2D eigenvalue weighted by Crippen LogP contribution is 2.11. The Morgan fingerprint density at radius 1 is 1.38 bits per heavy atom. The van der Waals surface area contributed by atoms with Crippen LogP contribution in [0.15, 0.2) is 24.3 Å². The van der Waals surface area contributed by atoms with Crippen LogP contribution in [-0.2, 0) is 16.0 Å². The van der Waals surface area contributed by atoms with Crippen LogP contribution in [0.4, 0.5) is 0 Å². The smallest absolute Gasteiger partial charge is 0.323 e.